The van der Waals surface area contributed by atoms with Crippen LogP contribution in [0.2, 0.25) is 0 Å². The highest BCUT2D eigenvalue weighted by Gasteiger charge is 2.67. The van der Waals surface area contributed by atoms with E-state index in [1.165, 1.54) is 0 Å². The van der Waals surface area contributed by atoms with E-state index < -0.39 is 5.97 Å². The molecule has 1 saturated heterocycles. The van der Waals surface area contributed by atoms with E-state index in [0.717, 1.165) is 22.4 Å². The molecule has 1 heterocycles. The van der Waals surface area contributed by atoms with Gasteiger partial charge in [0.1, 0.15) is 12.3 Å². The normalized spacial score (nSPS) is 36.2. The number of carbonyl (C=O) groups excluding carboxylic acids is 3. The smallest absolute Gasteiger partial charge is 0.331 e. The van der Waals surface area contributed by atoms with Crippen molar-refractivity contribution < 1.29 is 19.1 Å². The van der Waals surface area contributed by atoms with Crippen molar-refractivity contribution >= 4 is 17.8 Å². The van der Waals surface area contributed by atoms with Gasteiger partial charge in [0.2, 0.25) is 11.8 Å². The summed E-state index contributed by atoms with van der Waals surface area (Å²) in [6.45, 7) is 3.56. The van der Waals surface area contributed by atoms with Gasteiger partial charge in [0.15, 0.2) is 0 Å². The molecule has 0 unspecified atom stereocenters. The minimum atomic E-state index is -0.569. The molecule has 1 aromatic rings. The first-order chi connectivity index (χ1) is 12.4. The molecular weight excluding hydrogens is 330 g/mol. The van der Waals surface area contributed by atoms with Gasteiger partial charge < -0.3 is 4.74 Å². The number of hydrogen-bond donors (Lipinski definition) is 0. The lowest BCUT2D eigenvalue weighted by Crippen LogP contribution is -2.40. The molecule has 0 N–H and O–H groups in total. The molecule has 4 aliphatic carbocycles. The Labute approximate surface area is 152 Å². The molecule has 1 aromatic carbocycles. The van der Waals surface area contributed by atoms with Gasteiger partial charge in [-0.05, 0) is 67.2 Å². The highest BCUT2D eigenvalue weighted by molar-refractivity contribution is 6.08. The van der Waals surface area contributed by atoms with Crippen LogP contribution in [0.5, 0.6) is 5.75 Å². The average Bonchev–Trinajstić information content (AvgIpc) is 3.35. The summed E-state index contributed by atoms with van der Waals surface area (Å²) >= 11 is 0. The van der Waals surface area contributed by atoms with E-state index in [4.69, 9.17) is 4.74 Å². The van der Waals surface area contributed by atoms with Gasteiger partial charge in [-0.2, -0.15) is 0 Å². The fourth-order valence-corrected chi connectivity index (χ4v) is 5.46. The number of benzene rings is 1. The molecule has 2 saturated carbocycles. The first kappa shape index (κ1) is 15.8. The highest BCUT2D eigenvalue weighted by Crippen LogP contribution is 2.65. The van der Waals surface area contributed by atoms with Gasteiger partial charge in [-0.15, -0.1) is 0 Å². The van der Waals surface area contributed by atoms with Crippen LogP contribution in [0.4, 0.5) is 0 Å². The summed E-state index contributed by atoms with van der Waals surface area (Å²) in [5, 5.41) is 0. The number of aryl methyl sites for hydroxylation is 2. The molecule has 5 nitrogen and oxygen atoms in total. The van der Waals surface area contributed by atoms with Crippen molar-refractivity contribution in [1.82, 2.24) is 4.90 Å². The number of carbonyl (C=O) groups is 3. The molecule has 0 spiro atoms. The standard InChI is InChI=1S/C21H21NO4/c1-10-5-11(2)7-12(6-10)26-17(23)9-22-20(24)18-13-3-4-14(16-8-15(13)16)19(18)21(22)25/h3-7,13-16,18-19H,8-9H2,1-2H3/t13-,14+,15-,16-,18+,19+/m1/s1. The first-order valence-electron chi connectivity index (χ1n) is 9.26. The first-order valence-corrected chi connectivity index (χ1v) is 9.26. The van der Waals surface area contributed by atoms with Crippen LogP contribution in [0, 0.1) is 49.4 Å². The molecule has 3 fully saturated rings. The van der Waals surface area contributed by atoms with Crippen molar-refractivity contribution in [3.05, 3.63) is 41.5 Å². The summed E-state index contributed by atoms with van der Waals surface area (Å²) in [7, 11) is 0. The lowest BCUT2D eigenvalue weighted by molar-refractivity contribution is -0.148. The highest BCUT2D eigenvalue weighted by atomic mass is 16.5. The topological polar surface area (TPSA) is 63.7 Å². The zero-order valence-corrected chi connectivity index (χ0v) is 14.8. The van der Waals surface area contributed by atoms with Gasteiger partial charge in [0.25, 0.3) is 0 Å². The second kappa shape index (κ2) is 5.29. The van der Waals surface area contributed by atoms with Crippen molar-refractivity contribution in [2.24, 2.45) is 35.5 Å². The summed E-state index contributed by atoms with van der Waals surface area (Å²) in [5.41, 5.74) is 1.99. The van der Waals surface area contributed by atoms with Gasteiger partial charge in [-0.3, -0.25) is 14.5 Å². The Balaban J connectivity index is 1.33. The maximum absolute atomic E-state index is 12.9. The minimum Gasteiger partial charge on any atom is -0.425 e. The molecule has 0 aromatic heterocycles. The number of imide groups is 1. The Kier molecular flexibility index (Phi) is 3.21. The monoisotopic (exact) mass is 351 g/mol. The van der Waals surface area contributed by atoms with E-state index in [1.807, 2.05) is 19.9 Å². The summed E-state index contributed by atoms with van der Waals surface area (Å²) < 4.78 is 5.39. The number of allylic oxidation sites excluding steroid dienone is 2. The zero-order valence-electron chi connectivity index (χ0n) is 14.8. The Morgan fingerprint density at radius 1 is 1.00 bits per heavy atom. The maximum Gasteiger partial charge on any atom is 0.331 e. The number of nitrogens with zero attached hydrogens (tertiary/aromatic N) is 1. The second-order valence-electron chi connectivity index (χ2n) is 8.21. The van der Waals surface area contributed by atoms with E-state index in [2.05, 4.69) is 12.2 Å². The largest absolute Gasteiger partial charge is 0.425 e. The fourth-order valence-electron chi connectivity index (χ4n) is 5.46. The zero-order chi connectivity index (χ0) is 18.2. The predicted octanol–water partition coefficient (Wildman–Crippen LogP) is 2.26. The second-order valence-corrected chi connectivity index (χ2v) is 8.21. The molecule has 0 radical (unpaired) electrons. The Hall–Kier alpha value is -2.43. The summed E-state index contributed by atoms with van der Waals surface area (Å²) in [6, 6.07) is 5.54. The molecule has 2 bridgehead atoms. The molecule has 2 amide bonds. The minimum absolute atomic E-state index is 0.173. The Morgan fingerprint density at radius 3 is 2.08 bits per heavy atom. The molecule has 5 aliphatic rings. The van der Waals surface area contributed by atoms with Gasteiger partial charge in [-0.25, -0.2) is 4.79 Å². The maximum atomic E-state index is 12.9. The molecule has 134 valence electrons. The summed E-state index contributed by atoms with van der Waals surface area (Å²) in [5.74, 6) is 0.427. The van der Waals surface area contributed by atoms with Crippen molar-refractivity contribution in [2.45, 2.75) is 20.3 Å². The average molecular weight is 351 g/mol. The van der Waals surface area contributed by atoms with Gasteiger partial charge in [0.05, 0.1) is 11.8 Å². The van der Waals surface area contributed by atoms with Crippen LogP contribution >= 0.6 is 0 Å². The van der Waals surface area contributed by atoms with Crippen molar-refractivity contribution in [3.63, 3.8) is 0 Å². The number of esters is 1. The Bertz CT molecular complexity index is 817. The number of hydrogen-bond acceptors (Lipinski definition) is 4. The summed E-state index contributed by atoms with van der Waals surface area (Å²) in [4.78, 5) is 39.2. The van der Waals surface area contributed by atoms with Crippen LogP contribution in [0.1, 0.15) is 17.5 Å². The van der Waals surface area contributed by atoms with E-state index >= 15 is 0 Å². The molecule has 6 rings (SSSR count). The predicted molar refractivity (Wildman–Crippen MR) is 93.0 cm³/mol. The molecular formula is C21H21NO4. The number of likely N-dealkylation sites (tertiary alicyclic amines) is 1. The SMILES string of the molecule is Cc1cc(C)cc(OC(=O)CN2C(=O)[C@H]3[C@@H]4C=C[C@@H]([C@H]5C[C@H]45)[C@@H]3C2=O)c1. The van der Waals surface area contributed by atoms with Gasteiger partial charge >= 0.3 is 5.97 Å². The number of ether oxygens (including phenoxy) is 1. The number of rotatable bonds is 3. The molecule has 5 heteroatoms. The third-order valence-electron chi connectivity index (χ3n) is 6.47. The van der Waals surface area contributed by atoms with Crippen molar-refractivity contribution in [3.8, 4) is 5.75 Å². The van der Waals surface area contributed by atoms with Crippen molar-refractivity contribution in [2.75, 3.05) is 6.54 Å². The van der Waals surface area contributed by atoms with E-state index in [9.17, 15) is 14.4 Å². The van der Waals surface area contributed by atoms with Crippen LogP contribution in [-0.2, 0) is 14.4 Å². The molecule has 26 heavy (non-hydrogen) atoms. The lowest BCUT2D eigenvalue weighted by atomic mass is 9.63. The number of amides is 2. The fraction of sp³-hybridized carbons (Fsp3) is 0.476. The van der Waals surface area contributed by atoms with Crippen molar-refractivity contribution in [1.29, 1.82) is 0 Å². The molecule has 6 atom stereocenters. The van der Waals surface area contributed by atoms with Crippen LogP contribution in [0.3, 0.4) is 0 Å². The van der Waals surface area contributed by atoms with Crippen LogP contribution in [0.25, 0.3) is 0 Å². The van der Waals surface area contributed by atoms with Crippen LogP contribution < -0.4 is 4.74 Å². The third-order valence-corrected chi connectivity index (χ3v) is 6.47. The lowest BCUT2D eigenvalue weighted by Gasteiger charge is -2.37. The van der Waals surface area contributed by atoms with Gasteiger partial charge in [0, 0.05) is 0 Å². The van der Waals surface area contributed by atoms with E-state index in [-0.39, 0.29) is 42.0 Å². The summed E-state index contributed by atoms with van der Waals surface area (Å²) in [6.07, 6.45) is 5.38. The quantitative estimate of drug-likeness (QED) is 0.363. The van der Waals surface area contributed by atoms with Crippen LogP contribution in [-0.4, -0.2) is 29.2 Å². The van der Waals surface area contributed by atoms with Gasteiger partial charge in [-0.1, -0.05) is 18.2 Å². The van der Waals surface area contributed by atoms with E-state index in [1.54, 1.807) is 12.1 Å². The Morgan fingerprint density at radius 2 is 1.54 bits per heavy atom. The third kappa shape index (κ3) is 2.19. The van der Waals surface area contributed by atoms with Crippen LogP contribution in [0.15, 0.2) is 30.4 Å². The molecule has 1 aliphatic heterocycles. The van der Waals surface area contributed by atoms with E-state index in [0.29, 0.717) is 17.6 Å².